The molecule has 1 atom stereocenters. The van der Waals surface area contributed by atoms with Crippen molar-refractivity contribution in [1.29, 1.82) is 0 Å². The van der Waals surface area contributed by atoms with E-state index in [0.29, 0.717) is 11.3 Å². The standard InChI is InChI=1S/C23H22N2O2S/c1-23(18-28(26,27)21-15-9-4-10-16-21)17-22(19-11-5-2-6-12-19)24-25(23)20-13-7-3-8-14-20/h2-16H,17-18H2,1H3/t23-/m1/s1. The lowest BCUT2D eigenvalue weighted by atomic mass is 9.94. The highest BCUT2D eigenvalue weighted by Gasteiger charge is 2.43. The number of nitrogens with zero attached hydrogens (tertiary/aromatic N) is 2. The van der Waals surface area contributed by atoms with E-state index in [0.717, 1.165) is 17.0 Å². The Hall–Kier alpha value is -2.92. The Morgan fingerprint density at radius 3 is 2.00 bits per heavy atom. The molecule has 3 aromatic rings. The van der Waals surface area contributed by atoms with Crippen LogP contribution in [0.3, 0.4) is 0 Å². The van der Waals surface area contributed by atoms with E-state index in [4.69, 9.17) is 5.10 Å². The molecule has 28 heavy (non-hydrogen) atoms. The van der Waals surface area contributed by atoms with Gasteiger partial charge in [0, 0.05) is 6.42 Å². The summed E-state index contributed by atoms with van der Waals surface area (Å²) in [7, 11) is -3.46. The van der Waals surface area contributed by atoms with Crippen molar-refractivity contribution in [3.8, 4) is 0 Å². The normalized spacial score (nSPS) is 19.5. The number of hydrogen-bond acceptors (Lipinski definition) is 4. The average Bonchev–Trinajstić information content (AvgIpc) is 3.06. The summed E-state index contributed by atoms with van der Waals surface area (Å²) in [5.74, 6) is -0.0151. The summed E-state index contributed by atoms with van der Waals surface area (Å²) in [5.41, 5.74) is 2.12. The van der Waals surface area contributed by atoms with Crippen LogP contribution in [0.4, 0.5) is 5.69 Å². The topological polar surface area (TPSA) is 49.7 Å². The van der Waals surface area contributed by atoms with Crippen LogP contribution in [0.1, 0.15) is 18.9 Å². The summed E-state index contributed by atoms with van der Waals surface area (Å²) < 4.78 is 26.3. The lowest BCUT2D eigenvalue weighted by Crippen LogP contribution is -2.46. The monoisotopic (exact) mass is 390 g/mol. The third-order valence-electron chi connectivity index (χ3n) is 4.99. The molecule has 0 aliphatic carbocycles. The first-order chi connectivity index (χ1) is 13.5. The van der Waals surface area contributed by atoms with Gasteiger partial charge in [-0.2, -0.15) is 5.10 Å². The maximum Gasteiger partial charge on any atom is 0.180 e. The van der Waals surface area contributed by atoms with E-state index < -0.39 is 15.4 Å². The number of para-hydroxylation sites is 1. The van der Waals surface area contributed by atoms with Crippen molar-refractivity contribution in [2.75, 3.05) is 10.8 Å². The number of anilines is 1. The van der Waals surface area contributed by atoms with Gasteiger partial charge in [0.25, 0.3) is 0 Å². The number of hydrogen-bond donors (Lipinski definition) is 0. The third-order valence-corrected chi connectivity index (χ3v) is 6.98. The van der Waals surface area contributed by atoms with Crippen LogP contribution in [-0.4, -0.2) is 25.4 Å². The molecule has 1 heterocycles. The van der Waals surface area contributed by atoms with Crippen molar-refractivity contribution >= 4 is 21.2 Å². The van der Waals surface area contributed by atoms with Gasteiger partial charge in [0.2, 0.25) is 0 Å². The fourth-order valence-electron chi connectivity index (χ4n) is 3.67. The van der Waals surface area contributed by atoms with Crippen molar-refractivity contribution < 1.29 is 8.42 Å². The van der Waals surface area contributed by atoms with Gasteiger partial charge in [0.05, 0.1) is 27.6 Å². The van der Waals surface area contributed by atoms with Crippen LogP contribution in [0.5, 0.6) is 0 Å². The smallest absolute Gasteiger partial charge is 0.180 e. The quantitative estimate of drug-likeness (QED) is 0.643. The summed E-state index contributed by atoms with van der Waals surface area (Å²) in [6.45, 7) is 1.97. The Balaban J connectivity index is 1.74. The molecule has 1 aliphatic rings. The number of sulfone groups is 1. The Morgan fingerprint density at radius 2 is 1.39 bits per heavy atom. The van der Waals surface area contributed by atoms with Gasteiger partial charge in [0.15, 0.2) is 9.84 Å². The highest BCUT2D eigenvalue weighted by atomic mass is 32.2. The van der Waals surface area contributed by atoms with E-state index in [1.807, 2.05) is 78.7 Å². The van der Waals surface area contributed by atoms with Crippen molar-refractivity contribution in [3.63, 3.8) is 0 Å². The van der Waals surface area contributed by atoms with E-state index in [1.54, 1.807) is 24.3 Å². The minimum atomic E-state index is -3.46. The molecule has 0 N–H and O–H groups in total. The molecule has 3 aromatic carbocycles. The van der Waals surface area contributed by atoms with Crippen molar-refractivity contribution in [2.45, 2.75) is 23.8 Å². The van der Waals surface area contributed by atoms with Crippen LogP contribution >= 0.6 is 0 Å². The summed E-state index contributed by atoms with van der Waals surface area (Å²) >= 11 is 0. The van der Waals surface area contributed by atoms with Crippen molar-refractivity contribution in [1.82, 2.24) is 0 Å². The molecule has 1 aliphatic heterocycles. The average molecular weight is 391 g/mol. The minimum absolute atomic E-state index is 0.0151. The maximum absolute atomic E-state index is 13.1. The number of hydrazone groups is 1. The fraction of sp³-hybridized carbons (Fsp3) is 0.174. The van der Waals surface area contributed by atoms with Gasteiger partial charge in [-0.05, 0) is 36.8 Å². The molecule has 0 aromatic heterocycles. The highest BCUT2D eigenvalue weighted by molar-refractivity contribution is 7.91. The molecule has 0 amide bonds. The Kier molecular flexibility index (Phi) is 4.77. The molecule has 0 fully saturated rings. The lowest BCUT2D eigenvalue weighted by Gasteiger charge is -2.34. The van der Waals surface area contributed by atoms with Crippen LogP contribution in [-0.2, 0) is 9.84 Å². The van der Waals surface area contributed by atoms with E-state index in [9.17, 15) is 8.42 Å². The summed E-state index contributed by atoms with van der Waals surface area (Å²) in [4.78, 5) is 0.345. The van der Waals surface area contributed by atoms with Gasteiger partial charge < -0.3 is 0 Å². The second-order valence-corrected chi connectivity index (χ2v) is 9.30. The molecule has 142 valence electrons. The Labute approximate surface area is 166 Å². The van der Waals surface area contributed by atoms with Gasteiger partial charge in [-0.1, -0.05) is 66.7 Å². The first kappa shape index (κ1) is 18.4. The van der Waals surface area contributed by atoms with E-state index in [2.05, 4.69) is 0 Å². The third kappa shape index (κ3) is 3.58. The van der Waals surface area contributed by atoms with Crippen molar-refractivity contribution in [3.05, 3.63) is 96.6 Å². The lowest BCUT2D eigenvalue weighted by molar-refractivity contribution is 0.502. The molecule has 0 radical (unpaired) electrons. The molecular weight excluding hydrogens is 368 g/mol. The molecular formula is C23H22N2O2S. The van der Waals surface area contributed by atoms with Crippen LogP contribution < -0.4 is 5.01 Å². The Morgan fingerprint density at radius 1 is 0.857 bits per heavy atom. The molecule has 4 rings (SSSR count). The number of rotatable bonds is 5. The van der Waals surface area contributed by atoms with Crippen LogP contribution in [0.2, 0.25) is 0 Å². The predicted molar refractivity (Wildman–Crippen MR) is 113 cm³/mol. The summed E-state index contributed by atoms with van der Waals surface area (Å²) in [5, 5.41) is 6.72. The Bertz CT molecular complexity index is 1080. The predicted octanol–water partition coefficient (Wildman–Crippen LogP) is 4.53. The van der Waals surface area contributed by atoms with Gasteiger partial charge >= 0.3 is 0 Å². The fourth-order valence-corrected chi connectivity index (χ4v) is 5.46. The highest BCUT2D eigenvalue weighted by Crippen LogP contribution is 2.36. The zero-order chi connectivity index (χ0) is 19.6. The van der Waals surface area contributed by atoms with Gasteiger partial charge in [-0.15, -0.1) is 0 Å². The van der Waals surface area contributed by atoms with Crippen LogP contribution in [0.15, 0.2) is 101 Å². The molecule has 5 heteroatoms. The molecule has 4 nitrogen and oxygen atoms in total. The molecule has 0 saturated carbocycles. The largest absolute Gasteiger partial charge is 0.258 e. The molecule has 0 saturated heterocycles. The number of benzene rings is 3. The van der Waals surface area contributed by atoms with Gasteiger partial charge in [0.1, 0.15) is 0 Å². The van der Waals surface area contributed by atoms with Crippen molar-refractivity contribution in [2.24, 2.45) is 5.10 Å². The second-order valence-electron chi connectivity index (χ2n) is 7.31. The summed E-state index contributed by atoms with van der Waals surface area (Å²) in [6.07, 6.45) is 0.554. The zero-order valence-corrected chi connectivity index (χ0v) is 16.5. The second kappa shape index (κ2) is 7.24. The SMILES string of the molecule is C[C@]1(CS(=O)(=O)c2ccccc2)CC(c2ccccc2)=NN1c1ccccc1. The zero-order valence-electron chi connectivity index (χ0n) is 15.7. The minimum Gasteiger partial charge on any atom is -0.258 e. The maximum atomic E-state index is 13.1. The van der Waals surface area contributed by atoms with E-state index in [1.165, 1.54) is 0 Å². The first-order valence-corrected chi connectivity index (χ1v) is 10.9. The molecule has 0 spiro atoms. The van der Waals surface area contributed by atoms with Crippen LogP contribution in [0.25, 0.3) is 0 Å². The molecule has 0 unspecified atom stereocenters. The van der Waals surface area contributed by atoms with Gasteiger partial charge in [-0.25, -0.2) is 8.42 Å². The molecule has 0 bridgehead atoms. The van der Waals surface area contributed by atoms with Crippen LogP contribution in [0, 0.1) is 0 Å². The van der Waals surface area contributed by atoms with E-state index in [-0.39, 0.29) is 5.75 Å². The van der Waals surface area contributed by atoms with E-state index >= 15 is 0 Å². The van der Waals surface area contributed by atoms with Gasteiger partial charge in [-0.3, -0.25) is 5.01 Å². The first-order valence-electron chi connectivity index (χ1n) is 9.24. The summed E-state index contributed by atoms with van der Waals surface area (Å²) in [6, 6.07) is 28.3.